The van der Waals surface area contributed by atoms with Gasteiger partial charge in [0.1, 0.15) is 17.9 Å². The summed E-state index contributed by atoms with van der Waals surface area (Å²) in [4.78, 5) is 27.9. The molecule has 2 aromatic heterocycles. The van der Waals surface area contributed by atoms with Gasteiger partial charge in [0.05, 0.1) is 16.6 Å². The first kappa shape index (κ1) is 27.9. The van der Waals surface area contributed by atoms with Crippen molar-refractivity contribution in [1.29, 1.82) is 0 Å². The molecule has 0 aliphatic heterocycles. The Hall–Kier alpha value is -4.64. The van der Waals surface area contributed by atoms with Crippen LogP contribution in [0, 0.1) is 0 Å². The van der Waals surface area contributed by atoms with E-state index in [-0.39, 0.29) is 17.2 Å². The van der Waals surface area contributed by atoms with Crippen molar-refractivity contribution >= 4 is 45.9 Å². The number of phenols is 1. The van der Waals surface area contributed by atoms with Gasteiger partial charge in [0.15, 0.2) is 5.65 Å². The van der Waals surface area contributed by atoms with Crippen molar-refractivity contribution in [2.24, 2.45) is 0 Å². The molecule has 2 heterocycles. The maximum atomic E-state index is 12.9. The standard InChI is InChI=1S/C30H24F3N5O2S/c1-17(2)24-13-12-23-27(37-24)34-16-35-28(23)38-25-15-20(7-14-26(25)41-22-10-8-21(39)9-11-22)36-29(40)18-3-5-19(6-4-18)30(31,32)33/h3-17,39H,1-2H3,(H,36,40)(H,34,35,37,38). The van der Waals surface area contributed by atoms with E-state index in [9.17, 15) is 23.1 Å². The van der Waals surface area contributed by atoms with Gasteiger partial charge in [-0.3, -0.25) is 4.79 Å². The molecule has 11 heteroatoms. The van der Waals surface area contributed by atoms with E-state index in [4.69, 9.17) is 0 Å². The molecule has 5 rings (SSSR count). The number of nitrogens with zero attached hydrogens (tertiary/aromatic N) is 3. The van der Waals surface area contributed by atoms with Crippen LogP contribution in [0.1, 0.15) is 41.4 Å². The second-order valence-electron chi connectivity index (χ2n) is 9.45. The van der Waals surface area contributed by atoms with E-state index in [2.05, 4.69) is 25.6 Å². The number of amides is 1. The van der Waals surface area contributed by atoms with Crippen LogP contribution in [0.5, 0.6) is 5.75 Å². The topological polar surface area (TPSA) is 100 Å². The summed E-state index contributed by atoms with van der Waals surface area (Å²) in [6, 6.07) is 19.8. The predicted molar refractivity (Wildman–Crippen MR) is 153 cm³/mol. The summed E-state index contributed by atoms with van der Waals surface area (Å²) >= 11 is 1.43. The number of anilines is 3. The lowest BCUT2D eigenvalue weighted by Crippen LogP contribution is -2.13. The fourth-order valence-electron chi connectivity index (χ4n) is 3.96. The zero-order valence-corrected chi connectivity index (χ0v) is 22.7. The van der Waals surface area contributed by atoms with Crippen molar-refractivity contribution in [1.82, 2.24) is 15.0 Å². The largest absolute Gasteiger partial charge is 0.508 e. The highest BCUT2D eigenvalue weighted by atomic mass is 32.2. The number of aromatic nitrogens is 3. The second kappa shape index (κ2) is 11.5. The number of fused-ring (bicyclic) bond motifs is 1. The number of carbonyl (C=O) groups excluding carboxylic acids is 1. The van der Waals surface area contributed by atoms with Gasteiger partial charge in [-0.05, 0) is 84.8 Å². The molecule has 0 atom stereocenters. The first-order chi connectivity index (χ1) is 19.6. The van der Waals surface area contributed by atoms with E-state index < -0.39 is 17.6 Å². The zero-order valence-electron chi connectivity index (χ0n) is 21.9. The first-order valence-corrected chi connectivity index (χ1v) is 13.4. The van der Waals surface area contributed by atoms with Crippen molar-refractivity contribution in [3.05, 3.63) is 102 Å². The van der Waals surface area contributed by atoms with Crippen LogP contribution in [-0.4, -0.2) is 26.0 Å². The number of hydrogen-bond acceptors (Lipinski definition) is 7. The van der Waals surface area contributed by atoms with E-state index in [1.807, 2.05) is 26.0 Å². The van der Waals surface area contributed by atoms with Crippen LogP contribution in [0.2, 0.25) is 0 Å². The number of pyridine rings is 1. The van der Waals surface area contributed by atoms with Crippen LogP contribution in [0.15, 0.2) is 95.0 Å². The molecule has 3 N–H and O–H groups in total. The quantitative estimate of drug-likeness (QED) is 0.181. The maximum Gasteiger partial charge on any atom is 0.416 e. The molecule has 3 aromatic carbocycles. The molecule has 0 unspecified atom stereocenters. The number of halogens is 3. The van der Waals surface area contributed by atoms with Crippen LogP contribution in [0.3, 0.4) is 0 Å². The van der Waals surface area contributed by atoms with Crippen molar-refractivity contribution in [3.63, 3.8) is 0 Å². The van der Waals surface area contributed by atoms with Gasteiger partial charge in [-0.25, -0.2) is 15.0 Å². The molecule has 41 heavy (non-hydrogen) atoms. The lowest BCUT2D eigenvalue weighted by molar-refractivity contribution is -0.137. The van der Waals surface area contributed by atoms with Crippen LogP contribution >= 0.6 is 11.8 Å². The molecule has 0 aliphatic carbocycles. The summed E-state index contributed by atoms with van der Waals surface area (Å²) in [6.45, 7) is 4.09. The van der Waals surface area contributed by atoms with Crippen LogP contribution < -0.4 is 10.6 Å². The molecule has 0 saturated heterocycles. The number of hydrogen-bond donors (Lipinski definition) is 3. The molecule has 5 aromatic rings. The van der Waals surface area contributed by atoms with Gasteiger partial charge in [0.2, 0.25) is 0 Å². The molecule has 0 radical (unpaired) electrons. The summed E-state index contributed by atoms with van der Waals surface area (Å²) in [5.41, 5.74) is 1.73. The molecule has 0 saturated carbocycles. The molecule has 1 amide bonds. The normalized spacial score (nSPS) is 11.6. The van der Waals surface area contributed by atoms with Crippen molar-refractivity contribution < 1.29 is 23.1 Å². The fourth-order valence-corrected chi connectivity index (χ4v) is 4.84. The number of carbonyl (C=O) groups is 1. The Balaban J connectivity index is 1.47. The average Bonchev–Trinajstić information content (AvgIpc) is 2.95. The van der Waals surface area contributed by atoms with Crippen molar-refractivity contribution in [2.75, 3.05) is 10.6 Å². The number of alkyl halides is 3. The van der Waals surface area contributed by atoms with Gasteiger partial charge in [0.25, 0.3) is 5.91 Å². The van der Waals surface area contributed by atoms with Crippen LogP contribution in [-0.2, 0) is 6.18 Å². The second-order valence-corrected chi connectivity index (χ2v) is 10.6. The minimum absolute atomic E-state index is 0.0869. The van der Waals surface area contributed by atoms with Crippen molar-refractivity contribution in [3.8, 4) is 5.75 Å². The van der Waals surface area contributed by atoms with Crippen LogP contribution in [0.25, 0.3) is 11.0 Å². The fraction of sp³-hybridized carbons (Fsp3) is 0.133. The Labute approximate surface area is 237 Å². The van der Waals surface area contributed by atoms with Crippen molar-refractivity contribution in [2.45, 2.75) is 35.7 Å². The summed E-state index contributed by atoms with van der Waals surface area (Å²) in [5.74, 6) is 0.330. The molecule has 0 aliphatic rings. The Morgan fingerprint density at radius 1 is 0.927 bits per heavy atom. The van der Waals surface area contributed by atoms with E-state index >= 15 is 0 Å². The molecule has 0 fully saturated rings. The maximum absolute atomic E-state index is 12.9. The summed E-state index contributed by atoms with van der Waals surface area (Å²) in [7, 11) is 0. The Bertz CT molecular complexity index is 1710. The number of rotatable bonds is 7. The van der Waals surface area contributed by atoms with Crippen LogP contribution in [0.4, 0.5) is 30.4 Å². The SMILES string of the molecule is CC(C)c1ccc2c(Nc3cc(NC(=O)c4ccc(C(F)(F)F)cc4)ccc3Sc3ccc(O)cc3)ncnc2n1. The Kier molecular flexibility index (Phi) is 7.80. The number of aromatic hydroxyl groups is 1. The predicted octanol–water partition coefficient (Wildman–Crippen LogP) is 8.02. The third kappa shape index (κ3) is 6.58. The molecule has 208 valence electrons. The lowest BCUT2D eigenvalue weighted by Gasteiger charge is -2.15. The van der Waals surface area contributed by atoms with Gasteiger partial charge in [-0.1, -0.05) is 25.6 Å². The average molecular weight is 576 g/mol. The van der Waals surface area contributed by atoms with Gasteiger partial charge in [0, 0.05) is 26.7 Å². The Morgan fingerprint density at radius 3 is 2.34 bits per heavy atom. The molecule has 0 bridgehead atoms. The summed E-state index contributed by atoms with van der Waals surface area (Å²) in [6.07, 6.45) is -3.07. The molecular formula is C30H24F3N5O2S. The third-order valence-electron chi connectivity index (χ3n) is 6.14. The zero-order chi connectivity index (χ0) is 29.1. The van der Waals surface area contributed by atoms with E-state index in [1.54, 1.807) is 42.5 Å². The number of benzene rings is 3. The summed E-state index contributed by atoms with van der Waals surface area (Å²) in [5, 5.41) is 16.4. The first-order valence-electron chi connectivity index (χ1n) is 12.5. The van der Waals surface area contributed by atoms with Gasteiger partial charge in [-0.2, -0.15) is 13.2 Å². The minimum atomic E-state index is -4.49. The van der Waals surface area contributed by atoms with E-state index in [0.29, 0.717) is 28.2 Å². The monoisotopic (exact) mass is 575 g/mol. The number of nitrogens with one attached hydrogen (secondary N) is 2. The Morgan fingerprint density at radius 2 is 1.66 bits per heavy atom. The highest BCUT2D eigenvalue weighted by Crippen LogP contribution is 2.38. The molecule has 7 nitrogen and oxygen atoms in total. The van der Waals surface area contributed by atoms with Gasteiger partial charge in [-0.15, -0.1) is 0 Å². The summed E-state index contributed by atoms with van der Waals surface area (Å²) < 4.78 is 38.8. The highest BCUT2D eigenvalue weighted by Gasteiger charge is 2.30. The van der Waals surface area contributed by atoms with E-state index in [1.165, 1.54) is 18.1 Å². The number of phenolic OH excluding ortho intramolecular Hbond substituents is 1. The smallest absolute Gasteiger partial charge is 0.416 e. The minimum Gasteiger partial charge on any atom is -0.508 e. The highest BCUT2D eigenvalue weighted by molar-refractivity contribution is 7.99. The van der Waals surface area contributed by atoms with E-state index in [0.717, 1.165) is 39.8 Å². The third-order valence-corrected chi connectivity index (χ3v) is 7.22. The van der Waals surface area contributed by atoms with Gasteiger partial charge < -0.3 is 15.7 Å². The lowest BCUT2D eigenvalue weighted by atomic mass is 10.1. The molecular weight excluding hydrogens is 551 g/mol. The molecule has 0 spiro atoms. The van der Waals surface area contributed by atoms with Gasteiger partial charge >= 0.3 is 6.18 Å².